The highest BCUT2D eigenvalue weighted by atomic mass is 79.9. The predicted octanol–water partition coefficient (Wildman–Crippen LogP) is 3.27. The third kappa shape index (κ3) is 3.22. The third-order valence-corrected chi connectivity index (χ3v) is 3.51. The van der Waals surface area contributed by atoms with Gasteiger partial charge in [0.25, 0.3) is 5.91 Å². The number of amides is 1. The van der Waals surface area contributed by atoms with Gasteiger partial charge in [-0.2, -0.15) is 5.10 Å². The van der Waals surface area contributed by atoms with Gasteiger partial charge >= 0.3 is 0 Å². The van der Waals surface area contributed by atoms with Crippen LogP contribution in [0.2, 0.25) is 0 Å². The number of hydrogen-bond donors (Lipinski definition) is 2. The van der Waals surface area contributed by atoms with Crippen LogP contribution >= 0.6 is 15.9 Å². The Morgan fingerprint density at radius 3 is 2.90 bits per heavy atom. The summed E-state index contributed by atoms with van der Waals surface area (Å²) in [6, 6.07) is 11.3. The molecular weight excluding hydrogens is 332 g/mol. The van der Waals surface area contributed by atoms with Crippen LogP contribution in [0, 0.1) is 0 Å². The summed E-state index contributed by atoms with van der Waals surface area (Å²) in [4.78, 5) is 15.1. The molecule has 2 aromatic heterocycles. The molecule has 6 heteroatoms. The number of carbonyl (C=O) groups excluding carboxylic acids is 1. The number of nitrogens with zero attached hydrogens (tertiary/aromatic N) is 2. The van der Waals surface area contributed by atoms with Crippen LogP contribution in [0.4, 0.5) is 5.69 Å². The number of nitrogens with one attached hydrogen (secondary N) is 2. The van der Waals surface area contributed by atoms with Gasteiger partial charge in [-0.3, -0.25) is 9.48 Å². The van der Waals surface area contributed by atoms with Crippen molar-refractivity contribution in [1.29, 1.82) is 0 Å². The SMILES string of the molecule is O=C(Nc1ccccc1Cn1cccn1)c1cc(Br)c[nH]1. The zero-order valence-electron chi connectivity index (χ0n) is 11.1. The monoisotopic (exact) mass is 344 g/mol. The number of carbonyl (C=O) groups is 1. The van der Waals surface area contributed by atoms with Crippen molar-refractivity contribution in [2.45, 2.75) is 6.54 Å². The highest BCUT2D eigenvalue weighted by Gasteiger charge is 2.10. The molecule has 0 saturated heterocycles. The predicted molar refractivity (Wildman–Crippen MR) is 84.2 cm³/mol. The van der Waals surface area contributed by atoms with E-state index in [2.05, 4.69) is 31.3 Å². The maximum absolute atomic E-state index is 12.2. The highest BCUT2D eigenvalue weighted by Crippen LogP contribution is 2.18. The molecule has 0 saturated carbocycles. The molecule has 0 aliphatic carbocycles. The van der Waals surface area contributed by atoms with Crippen LogP contribution in [-0.2, 0) is 6.54 Å². The molecule has 5 nitrogen and oxygen atoms in total. The maximum atomic E-state index is 12.2. The first-order chi connectivity index (χ1) is 10.2. The van der Waals surface area contributed by atoms with Crippen molar-refractivity contribution in [3.05, 3.63) is 70.7 Å². The Labute approximate surface area is 130 Å². The summed E-state index contributed by atoms with van der Waals surface area (Å²) < 4.78 is 2.66. The molecule has 0 fully saturated rings. The molecule has 0 spiro atoms. The molecule has 0 radical (unpaired) electrons. The summed E-state index contributed by atoms with van der Waals surface area (Å²) in [6.07, 6.45) is 5.35. The number of anilines is 1. The molecule has 2 heterocycles. The molecule has 0 bridgehead atoms. The molecule has 3 aromatic rings. The Hall–Kier alpha value is -2.34. The van der Waals surface area contributed by atoms with E-state index in [1.165, 1.54) is 0 Å². The largest absolute Gasteiger partial charge is 0.356 e. The zero-order chi connectivity index (χ0) is 14.7. The minimum atomic E-state index is -0.173. The Bertz CT molecular complexity index is 749. The van der Waals surface area contributed by atoms with Crippen LogP contribution in [0.25, 0.3) is 0 Å². The van der Waals surface area contributed by atoms with Crippen LogP contribution in [0.15, 0.2) is 59.5 Å². The van der Waals surface area contributed by atoms with E-state index in [9.17, 15) is 4.79 Å². The Morgan fingerprint density at radius 1 is 1.33 bits per heavy atom. The quantitative estimate of drug-likeness (QED) is 0.762. The van der Waals surface area contributed by atoms with E-state index < -0.39 is 0 Å². The second kappa shape index (κ2) is 5.97. The molecule has 0 atom stereocenters. The van der Waals surface area contributed by atoms with E-state index in [0.29, 0.717) is 12.2 Å². The van der Waals surface area contributed by atoms with E-state index in [1.807, 2.05) is 41.2 Å². The smallest absolute Gasteiger partial charge is 0.272 e. The fourth-order valence-corrected chi connectivity index (χ4v) is 2.38. The molecule has 0 unspecified atom stereocenters. The Balaban J connectivity index is 1.80. The van der Waals surface area contributed by atoms with Crippen molar-refractivity contribution in [3.63, 3.8) is 0 Å². The summed E-state index contributed by atoms with van der Waals surface area (Å²) in [6.45, 7) is 0.609. The lowest BCUT2D eigenvalue weighted by molar-refractivity contribution is 0.102. The fourth-order valence-electron chi connectivity index (χ4n) is 2.04. The number of aromatic nitrogens is 3. The third-order valence-electron chi connectivity index (χ3n) is 3.05. The van der Waals surface area contributed by atoms with Crippen LogP contribution in [0.1, 0.15) is 16.1 Å². The van der Waals surface area contributed by atoms with Gasteiger partial charge in [-0.05, 0) is 39.7 Å². The van der Waals surface area contributed by atoms with Crippen molar-refractivity contribution in [2.75, 3.05) is 5.32 Å². The lowest BCUT2D eigenvalue weighted by Crippen LogP contribution is -2.14. The molecular formula is C15H13BrN4O. The molecule has 0 aliphatic rings. The topological polar surface area (TPSA) is 62.7 Å². The van der Waals surface area contributed by atoms with Crippen molar-refractivity contribution in [3.8, 4) is 0 Å². The molecule has 0 aliphatic heterocycles. The van der Waals surface area contributed by atoms with E-state index in [0.717, 1.165) is 15.7 Å². The lowest BCUT2D eigenvalue weighted by atomic mass is 10.1. The van der Waals surface area contributed by atoms with E-state index in [4.69, 9.17) is 0 Å². The minimum absolute atomic E-state index is 0.173. The van der Waals surface area contributed by atoms with E-state index in [-0.39, 0.29) is 5.91 Å². The van der Waals surface area contributed by atoms with Crippen molar-refractivity contribution in [2.24, 2.45) is 0 Å². The molecule has 1 amide bonds. The Kier molecular flexibility index (Phi) is 3.87. The molecule has 1 aromatic carbocycles. The molecule has 106 valence electrons. The summed E-state index contributed by atoms with van der Waals surface area (Å²) >= 11 is 3.32. The normalized spacial score (nSPS) is 10.5. The molecule has 3 rings (SSSR count). The second-order valence-corrected chi connectivity index (χ2v) is 5.46. The number of benzene rings is 1. The first-order valence-electron chi connectivity index (χ1n) is 6.43. The van der Waals surface area contributed by atoms with Crippen LogP contribution in [0.5, 0.6) is 0 Å². The van der Waals surface area contributed by atoms with Gasteiger partial charge in [0.2, 0.25) is 0 Å². The number of aromatic amines is 1. The van der Waals surface area contributed by atoms with Crippen molar-refractivity contribution >= 4 is 27.5 Å². The van der Waals surface area contributed by atoms with Gasteiger partial charge < -0.3 is 10.3 Å². The van der Waals surface area contributed by atoms with Crippen LogP contribution in [-0.4, -0.2) is 20.7 Å². The minimum Gasteiger partial charge on any atom is -0.356 e. The summed E-state index contributed by atoms with van der Waals surface area (Å²) in [5, 5.41) is 7.11. The number of para-hydroxylation sites is 1. The van der Waals surface area contributed by atoms with Crippen molar-refractivity contribution in [1.82, 2.24) is 14.8 Å². The van der Waals surface area contributed by atoms with Gasteiger partial charge in [0.1, 0.15) is 5.69 Å². The standard InChI is InChI=1S/C15H13BrN4O/c16-12-8-14(17-9-12)15(21)19-13-5-2-1-4-11(13)10-20-7-3-6-18-20/h1-9,17H,10H2,(H,19,21). The van der Waals surface area contributed by atoms with Crippen molar-refractivity contribution < 1.29 is 4.79 Å². The average Bonchev–Trinajstić information content (AvgIpc) is 3.12. The molecule has 21 heavy (non-hydrogen) atoms. The van der Waals surface area contributed by atoms with Gasteiger partial charge in [-0.25, -0.2) is 0 Å². The van der Waals surface area contributed by atoms with Gasteiger partial charge in [0.15, 0.2) is 0 Å². The average molecular weight is 345 g/mol. The van der Waals surface area contributed by atoms with Gasteiger partial charge in [0.05, 0.1) is 6.54 Å². The maximum Gasteiger partial charge on any atom is 0.272 e. The lowest BCUT2D eigenvalue weighted by Gasteiger charge is -2.10. The summed E-state index contributed by atoms with van der Waals surface area (Å²) in [5.74, 6) is -0.173. The van der Waals surface area contributed by atoms with Gasteiger partial charge in [-0.15, -0.1) is 0 Å². The number of H-pyrrole nitrogens is 1. The van der Waals surface area contributed by atoms with E-state index in [1.54, 1.807) is 18.5 Å². The number of rotatable bonds is 4. The van der Waals surface area contributed by atoms with Crippen LogP contribution in [0.3, 0.4) is 0 Å². The van der Waals surface area contributed by atoms with Crippen LogP contribution < -0.4 is 5.32 Å². The zero-order valence-corrected chi connectivity index (χ0v) is 12.7. The fraction of sp³-hybridized carbons (Fsp3) is 0.0667. The second-order valence-electron chi connectivity index (χ2n) is 4.55. The number of hydrogen-bond acceptors (Lipinski definition) is 2. The van der Waals surface area contributed by atoms with Gasteiger partial charge in [-0.1, -0.05) is 18.2 Å². The first kappa shape index (κ1) is 13.6. The molecule has 2 N–H and O–H groups in total. The highest BCUT2D eigenvalue weighted by molar-refractivity contribution is 9.10. The summed E-state index contributed by atoms with van der Waals surface area (Å²) in [7, 11) is 0. The Morgan fingerprint density at radius 2 is 2.19 bits per heavy atom. The van der Waals surface area contributed by atoms with E-state index >= 15 is 0 Å². The summed E-state index contributed by atoms with van der Waals surface area (Å²) in [5.41, 5.74) is 2.29. The first-order valence-corrected chi connectivity index (χ1v) is 7.22. The number of halogens is 1. The van der Waals surface area contributed by atoms with Gasteiger partial charge in [0, 0.05) is 28.8 Å².